The highest BCUT2D eigenvalue weighted by atomic mass is 16.7. The third-order valence-corrected chi connectivity index (χ3v) is 5.14. The van der Waals surface area contributed by atoms with Crippen LogP contribution >= 0.6 is 0 Å². The topological polar surface area (TPSA) is 141 Å². The van der Waals surface area contributed by atoms with E-state index in [0.29, 0.717) is 31.8 Å². The van der Waals surface area contributed by atoms with Gasteiger partial charge in [-0.1, -0.05) is 13.8 Å². The van der Waals surface area contributed by atoms with Gasteiger partial charge >= 0.3 is 0 Å². The Morgan fingerprint density at radius 3 is 2.17 bits per heavy atom. The van der Waals surface area contributed by atoms with Gasteiger partial charge in [0.25, 0.3) is 11.8 Å². The number of rotatable bonds is 17. The zero-order valence-corrected chi connectivity index (χ0v) is 21.4. The largest absolute Gasteiger partial charge is 0.388 e. The van der Waals surface area contributed by atoms with E-state index in [1.54, 1.807) is 38.1 Å². The van der Waals surface area contributed by atoms with Crippen molar-refractivity contribution in [2.45, 2.75) is 51.9 Å². The second-order valence-electron chi connectivity index (χ2n) is 8.39. The van der Waals surface area contributed by atoms with Crippen molar-refractivity contribution in [1.82, 2.24) is 15.4 Å². The number of ether oxygens (including phenoxy) is 1. The zero-order valence-electron chi connectivity index (χ0n) is 21.4. The first-order valence-corrected chi connectivity index (χ1v) is 11.8. The molecule has 11 nitrogen and oxygen atoms in total. The maximum atomic E-state index is 12.9. The molecule has 1 aromatic rings. The highest BCUT2D eigenvalue weighted by Crippen LogP contribution is 2.14. The summed E-state index contributed by atoms with van der Waals surface area (Å²) < 4.78 is 4.91. The fourth-order valence-corrected chi connectivity index (χ4v) is 3.27. The lowest BCUT2D eigenvalue weighted by Crippen LogP contribution is -2.44. The van der Waals surface area contributed by atoms with Crippen molar-refractivity contribution in [1.29, 1.82) is 0 Å². The quantitative estimate of drug-likeness (QED) is 0.226. The Balaban J connectivity index is 2.62. The fourth-order valence-electron chi connectivity index (χ4n) is 3.27. The lowest BCUT2D eigenvalue weighted by molar-refractivity contribution is -0.190. The van der Waals surface area contributed by atoms with Crippen LogP contribution in [0.2, 0.25) is 0 Å². The summed E-state index contributed by atoms with van der Waals surface area (Å²) in [6.07, 6.45) is -2.76. The summed E-state index contributed by atoms with van der Waals surface area (Å²) in [5.74, 6) is -0.749. The summed E-state index contributed by atoms with van der Waals surface area (Å²) in [6.45, 7) is 7.21. The number of methoxy groups -OCH3 is 1. The highest BCUT2D eigenvalue weighted by molar-refractivity contribution is 5.99. The number of hydrogen-bond acceptors (Lipinski definition) is 9. The van der Waals surface area contributed by atoms with E-state index in [1.165, 1.54) is 11.1 Å². The molecule has 0 aliphatic carbocycles. The minimum atomic E-state index is -1.56. The van der Waals surface area contributed by atoms with Crippen molar-refractivity contribution in [3.63, 3.8) is 0 Å². The van der Waals surface area contributed by atoms with Crippen LogP contribution in [0.3, 0.4) is 0 Å². The molecule has 0 aliphatic heterocycles. The van der Waals surface area contributed by atoms with Gasteiger partial charge in [0, 0.05) is 44.9 Å². The second-order valence-corrected chi connectivity index (χ2v) is 8.39. The predicted octanol–water partition coefficient (Wildman–Crippen LogP) is 0.511. The summed E-state index contributed by atoms with van der Waals surface area (Å²) in [7, 11) is 3.19. The molecule has 2 amide bonds. The molecule has 35 heavy (non-hydrogen) atoms. The van der Waals surface area contributed by atoms with Gasteiger partial charge in [0.1, 0.15) is 24.9 Å². The molecule has 11 heteroatoms. The molecule has 0 radical (unpaired) electrons. The molecule has 0 bridgehead atoms. The van der Waals surface area contributed by atoms with Gasteiger partial charge in [-0.15, -0.1) is 0 Å². The maximum absolute atomic E-state index is 12.9. The first-order chi connectivity index (χ1) is 16.6. The van der Waals surface area contributed by atoms with E-state index in [2.05, 4.69) is 5.48 Å². The van der Waals surface area contributed by atoms with E-state index in [0.717, 1.165) is 18.4 Å². The van der Waals surface area contributed by atoms with Gasteiger partial charge in [-0.3, -0.25) is 19.3 Å². The third-order valence-electron chi connectivity index (χ3n) is 5.14. The van der Waals surface area contributed by atoms with Gasteiger partial charge in [-0.05, 0) is 43.5 Å². The Bertz CT molecular complexity index is 773. The number of likely N-dealkylation sites (N-methyl/N-ethyl adjacent to an activating group) is 1. The van der Waals surface area contributed by atoms with Gasteiger partial charge in [0.05, 0.1) is 13.2 Å². The van der Waals surface area contributed by atoms with Crippen molar-refractivity contribution in [3.05, 3.63) is 34.9 Å². The van der Waals surface area contributed by atoms with E-state index in [1.807, 2.05) is 13.8 Å². The molecule has 0 aromatic heterocycles. The van der Waals surface area contributed by atoms with Gasteiger partial charge in [-0.25, -0.2) is 5.48 Å². The van der Waals surface area contributed by atoms with E-state index in [4.69, 9.17) is 14.4 Å². The molecular formula is C24H41N3O8. The van der Waals surface area contributed by atoms with Crippen LogP contribution in [0.25, 0.3) is 0 Å². The van der Waals surface area contributed by atoms with Crippen LogP contribution in [-0.2, 0) is 14.4 Å². The predicted molar refractivity (Wildman–Crippen MR) is 130 cm³/mol. The van der Waals surface area contributed by atoms with Crippen LogP contribution in [0.5, 0.6) is 0 Å². The average Bonchev–Trinajstić information content (AvgIpc) is 2.84. The van der Waals surface area contributed by atoms with E-state index >= 15 is 0 Å². The van der Waals surface area contributed by atoms with Crippen LogP contribution in [0, 0.1) is 6.92 Å². The number of benzene rings is 1. The standard InChI is InChI=1S/C24H41N3O8/c1-6-8-27(9-7-2)24(32)19-13-17(3)12-18(14-19)23(31)25-34-15-20(28)22(30)21(29)16-35-26(4)10-11-33-5/h12-14,20-22,28-30H,6-11,15-16H2,1-5H3,(H,25,31)/t20-,21+,22-/m0/s1. The SMILES string of the molecule is CCCN(CCC)C(=O)c1cc(C)cc(C(=O)NOC[C@H](O)[C@H](O)[C@H](O)CON(C)CCOC)c1. The number of carbonyl (C=O) groups is 2. The van der Waals surface area contributed by atoms with Crippen molar-refractivity contribution < 1.29 is 39.3 Å². The van der Waals surface area contributed by atoms with Crippen LogP contribution in [0.15, 0.2) is 18.2 Å². The number of carbonyl (C=O) groups excluding carboxylic acids is 2. The van der Waals surface area contributed by atoms with Crippen LogP contribution < -0.4 is 5.48 Å². The molecule has 0 spiro atoms. The van der Waals surface area contributed by atoms with Crippen LogP contribution in [0.1, 0.15) is 53.0 Å². The number of aliphatic hydroxyl groups is 3. The summed E-state index contributed by atoms with van der Waals surface area (Å²) in [5.41, 5.74) is 3.57. The van der Waals surface area contributed by atoms with Crippen LogP contribution in [-0.4, -0.2) is 109 Å². The van der Waals surface area contributed by atoms with Crippen molar-refractivity contribution in [2.24, 2.45) is 0 Å². The summed E-state index contributed by atoms with van der Waals surface area (Å²) >= 11 is 0. The number of hydrogen-bond donors (Lipinski definition) is 4. The zero-order chi connectivity index (χ0) is 26.4. The molecule has 0 fully saturated rings. The molecule has 0 heterocycles. The average molecular weight is 500 g/mol. The Hall–Kier alpha value is -2.12. The lowest BCUT2D eigenvalue weighted by atomic mass is 10.0. The Morgan fingerprint density at radius 2 is 1.57 bits per heavy atom. The molecular weight excluding hydrogens is 458 g/mol. The second kappa shape index (κ2) is 16.5. The fraction of sp³-hybridized carbons (Fsp3) is 0.667. The molecule has 3 atom stereocenters. The minimum Gasteiger partial charge on any atom is -0.388 e. The first-order valence-electron chi connectivity index (χ1n) is 11.8. The van der Waals surface area contributed by atoms with Gasteiger partial charge in [-0.2, -0.15) is 5.06 Å². The molecule has 0 saturated carbocycles. The van der Waals surface area contributed by atoms with Gasteiger partial charge in [0.15, 0.2) is 0 Å². The number of nitrogens with one attached hydrogen (secondary N) is 1. The number of aryl methyl sites for hydroxylation is 1. The Morgan fingerprint density at radius 1 is 0.971 bits per heavy atom. The molecule has 4 N–H and O–H groups in total. The Kier molecular flexibility index (Phi) is 14.6. The van der Waals surface area contributed by atoms with Crippen molar-refractivity contribution in [2.75, 3.05) is 53.6 Å². The number of amides is 2. The number of hydroxylamine groups is 3. The molecule has 0 aliphatic rings. The summed E-state index contributed by atoms with van der Waals surface area (Å²) in [5, 5.41) is 31.6. The third kappa shape index (κ3) is 11.0. The lowest BCUT2D eigenvalue weighted by Gasteiger charge is -2.24. The van der Waals surface area contributed by atoms with Crippen molar-refractivity contribution in [3.8, 4) is 0 Å². The molecule has 0 saturated heterocycles. The molecule has 1 aromatic carbocycles. The van der Waals surface area contributed by atoms with Gasteiger partial charge in [0.2, 0.25) is 0 Å². The van der Waals surface area contributed by atoms with E-state index in [9.17, 15) is 24.9 Å². The monoisotopic (exact) mass is 499 g/mol. The number of aliphatic hydroxyl groups excluding tert-OH is 3. The van der Waals surface area contributed by atoms with Crippen molar-refractivity contribution >= 4 is 11.8 Å². The normalized spacial score (nSPS) is 14.0. The molecule has 1 rings (SSSR count). The number of nitrogens with zero attached hydrogens (tertiary/aromatic N) is 2. The first kappa shape index (κ1) is 30.9. The smallest absolute Gasteiger partial charge is 0.274 e. The van der Waals surface area contributed by atoms with E-state index in [-0.39, 0.29) is 18.1 Å². The minimum absolute atomic E-state index is 0.144. The maximum Gasteiger partial charge on any atom is 0.274 e. The summed E-state index contributed by atoms with van der Waals surface area (Å²) in [4.78, 5) is 37.5. The molecule has 0 unspecified atom stereocenters. The van der Waals surface area contributed by atoms with Gasteiger partial charge < -0.3 is 25.0 Å². The molecule has 200 valence electrons. The summed E-state index contributed by atoms with van der Waals surface area (Å²) in [6, 6.07) is 4.85. The highest BCUT2D eigenvalue weighted by Gasteiger charge is 2.26. The van der Waals surface area contributed by atoms with E-state index < -0.39 is 30.8 Å². The van der Waals surface area contributed by atoms with Crippen LogP contribution in [0.4, 0.5) is 0 Å². The Labute approximate surface area is 207 Å².